The summed E-state index contributed by atoms with van der Waals surface area (Å²) in [6, 6.07) is 11.9. The number of aryl methyl sites for hydroxylation is 1. The Kier molecular flexibility index (Phi) is 5.45. The first-order valence-corrected chi connectivity index (χ1v) is 10.3. The number of anilines is 1. The minimum atomic E-state index is -0.135. The molecule has 140 valence electrons. The summed E-state index contributed by atoms with van der Waals surface area (Å²) >= 11 is 2.71. The first-order valence-electron chi connectivity index (χ1n) is 8.46. The molecule has 0 atom stereocenters. The summed E-state index contributed by atoms with van der Waals surface area (Å²) in [5, 5.41) is 14.5. The number of carbonyl (C=O) groups excluding carboxylic acids is 1. The summed E-state index contributed by atoms with van der Waals surface area (Å²) in [6.07, 6.45) is 5.10. The minimum Gasteiger partial charge on any atom is -0.301 e. The highest BCUT2D eigenvalue weighted by atomic mass is 32.2. The zero-order valence-corrected chi connectivity index (χ0v) is 16.6. The van der Waals surface area contributed by atoms with Crippen LogP contribution < -0.4 is 5.32 Å². The number of nitrogens with zero attached hydrogens (tertiary/aromatic N) is 5. The number of rotatable bonds is 6. The Morgan fingerprint density at radius 3 is 2.61 bits per heavy atom. The zero-order valence-electron chi connectivity index (χ0n) is 14.9. The summed E-state index contributed by atoms with van der Waals surface area (Å²) in [5.74, 6) is 0.776. The van der Waals surface area contributed by atoms with Crippen LogP contribution in [-0.2, 0) is 4.79 Å². The van der Waals surface area contributed by atoms with E-state index in [4.69, 9.17) is 0 Å². The highest BCUT2D eigenvalue weighted by Gasteiger charge is 2.17. The third-order valence-corrected chi connectivity index (χ3v) is 5.49. The van der Waals surface area contributed by atoms with Gasteiger partial charge in [0.1, 0.15) is 0 Å². The van der Waals surface area contributed by atoms with Crippen LogP contribution in [0.2, 0.25) is 0 Å². The molecule has 0 bridgehead atoms. The molecular weight excluding hydrogens is 392 g/mol. The van der Waals surface area contributed by atoms with E-state index in [2.05, 4.69) is 25.5 Å². The molecule has 4 aromatic rings. The number of aromatic nitrogens is 5. The summed E-state index contributed by atoms with van der Waals surface area (Å²) in [6.45, 7) is 2.04. The molecule has 0 saturated heterocycles. The van der Waals surface area contributed by atoms with Gasteiger partial charge in [-0.2, -0.15) is 0 Å². The van der Waals surface area contributed by atoms with E-state index < -0.39 is 0 Å². The number of nitrogens with one attached hydrogen (secondary N) is 1. The van der Waals surface area contributed by atoms with Crippen molar-refractivity contribution >= 4 is 34.1 Å². The van der Waals surface area contributed by atoms with E-state index in [9.17, 15) is 4.79 Å². The van der Waals surface area contributed by atoms with Gasteiger partial charge in [-0.05, 0) is 31.2 Å². The standard InChI is InChI=1S/C19H16N6OS2/c1-13-2-4-15(5-3-13)25-17(14-6-8-20-9-7-14)23-24-19(25)28-12-16(26)22-18-21-10-11-27-18/h2-11H,12H2,1H3,(H,21,22,26). The van der Waals surface area contributed by atoms with Crippen molar-refractivity contribution in [3.8, 4) is 17.1 Å². The van der Waals surface area contributed by atoms with Crippen molar-refractivity contribution in [3.63, 3.8) is 0 Å². The number of hydrogen-bond acceptors (Lipinski definition) is 7. The van der Waals surface area contributed by atoms with E-state index in [-0.39, 0.29) is 11.7 Å². The van der Waals surface area contributed by atoms with E-state index in [0.717, 1.165) is 11.3 Å². The second-order valence-electron chi connectivity index (χ2n) is 5.89. The average molecular weight is 409 g/mol. The van der Waals surface area contributed by atoms with Gasteiger partial charge in [0.05, 0.1) is 5.75 Å². The lowest BCUT2D eigenvalue weighted by molar-refractivity contribution is -0.113. The van der Waals surface area contributed by atoms with Gasteiger partial charge in [0.15, 0.2) is 16.1 Å². The largest absolute Gasteiger partial charge is 0.301 e. The molecule has 7 nitrogen and oxygen atoms in total. The van der Waals surface area contributed by atoms with Crippen molar-refractivity contribution in [2.24, 2.45) is 0 Å². The quantitative estimate of drug-likeness (QED) is 0.488. The Hall–Kier alpha value is -3.04. The third kappa shape index (κ3) is 4.10. The van der Waals surface area contributed by atoms with Gasteiger partial charge in [-0.3, -0.25) is 14.3 Å². The molecule has 3 aromatic heterocycles. The van der Waals surface area contributed by atoms with Gasteiger partial charge in [0.25, 0.3) is 0 Å². The number of benzene rings is 1. The van der Waals surface area contributed by atoms with E-state index in [1.165, 1.54) is 28.7 Å². The fourth-order valence-electron chi connectivity index (χ4n) is 2.55. The number of pyridine rings is 1. The second kappa shape index (κ2) is 8.32. The normalized spacial score (nSPS) is 10.8. The zero-order chi connectivity index (χ0) is 19.3. The van der Waals surface area contributed by atoms with Gasteiger partial charge in [-0.25, -0.2) is 4.98 Å². The van der Waals surface area contributed by atoms with Crippen LogP contribution in [0.15, 0.2) is 65.5 Å². The molecule has 0 radical (unpaired) electrons. The molecule has 0 unspecified atom stereocenters. The van der Waals surface area contributed by atoms with Crippen LogP contribution in [-0.4, -0.2) is 36.4 Å². The Morgan fingerprint density at radius 2 is 1.89 bits per heavy atom. The SMILES string of the molecule is Cc1ccc(-n2c(SCC(=O)Nc3nccs3)nnc2-c2ccncc2)cc1. The molecule has 1 aromatic carbocycles. The van der Waals surface area contributed by atoms with Gasteiger partial charge < -0.3 is 5.32 Å². The van der Waals surface area contributed by atoms with E-state index in [0.29, 0.717) is 16.1 Å². The van der Waals surface area contributed by atoms with Crippen molar-refractivity contribution < 1.29 is 4.79 Å². The molecule has 9 heteroatoms. The minimum absolute atomic E-state index is 0.135. The number of carbonyl (C=O) groups is 1. The molecule has 28 heavy (non-hydrogen) atoms. The molecular formula is C19H16N6OS2. The fourth-order valence-corrected chi connectivity index (χ4v) is 3.85. The second-order valence-corrected chi connectivity index (χ2v) is 7.72. The van der Waals surface area contributed by atoms with Crippen molar-refractivity contribution in [2.75, 3.05) is 11.1 Å². The molecule has 0 fully saturated rings. The molecule has 0 spiro atoms. The predicted octanol–water partition coefficient (Wildman–Crippen LogP) is 3.83. The first-order chi connectivity index (χ1) is 13.7. The van der Waals surface area contributed by atoms with E-state index in [1.807, 2.05) is 53.3 Å². The smallest absolute Gasteiger partial charge is 0.236 e. The first kappa shape index (κ1) is 18.3. The summed E-state index contributed by atoms with van der Waals surface area (Å²) in [5.41, 5.74) is 3.01. The topological polar surface area (TPSA) is 85.6 Å². The van der Waals surface area contributed by atoms with Crippen LogP contribution in [0.3, 0.4) is 0 Å². The van der Waals surface area contributed by atoms with Crippen molar-refractivity contribution in [1.82, 2.24) is 24.7 Å². The number of thioether (sulfide) groups is 1. The Morgan fingerprint density at radius 1 is 1.11 bits per heavy atom. The molecule has 1 N–H and O–H groups in total. The molecule has 0 saturated carbocycles. The monoisotopic (exact) mass is 408 g/mol. The summed E-state index contributed by atoms with van der Waals surface area (Å²) < 4.78 is 1.95. The van der Waals surface area contributed by atoms with Gasteiger partial charge in [-0.1, -0.05) is 29.5 Å². The Balaban J connectivity index is 1.62. The van der Waals surface area contributed by atoms with Crippen LogP contribution >= 0.6 is 23.1 Å². The van der Waals surface area contributed by atoms with Gasteiger partial charge in [-0.15, -0.1) is 21.5 Å². The average Bonchev–Trinajstić information content (AvgIpc) is 3.37. The highest BCUT2D eigenvalue weighted by Crippen LogP contribution is 2.28. The van der Waals surface area contributed by atoms with Crippen LogP contribution in [0, 0.1) is 6.92 Å². The highest BCUT2D eigenvalue weighted by molar-refractivity contribution is 7.99. The lowest BCUT2D eigenvalue weighted by atomic mass is 10.2. The van der Waals surface area contributed by atoms with Crippen LogP contribution in [0.4, 0.5) is 5.13 Å². The van der Waals surface area contributed by atoms with Gasteiger partial charge in [0, 0.05) is 35.2 Å². The molecule has 0 aliphatic rings. The van der Waals surface area contributed by atoms with Crippen LogP contribution in [0.1, 0.15) is 5.56 Å². The van der Waals surface area contributed by atoms with E-state index >= 15 is 0 Å². The van der Waals surface area contributed by atoms with Crippen LogP contribution in [0.25, 0.3) is 17.1 Å². The number of hydrogen-bond donors (Lipinski definition) is 1. The van der Waals surface area contributed by atoms with E-state index in [1.54, 1.807) is 18.6 Å². The van der Waals surface area contributed by atoms with Gasteiger partial charge in [0.2, 0.25) is 5.91 Å². The maximum absolute atomic E-state index is 12.2. The van der Waals surface area contributed by atoms with Gasteiger partial charge >= 0.3 is 0 Å². The predicted molar refractivity (Wildman–Crippen MR) is 111 cm³/mol. The Bertz CT molecular complexity index is 1060. The van der Waals surface area contributed by atoms with Crippen molar-refractivity contribution in [3.05, 3.63) is 65.9 Å². The summed E-state index contributed by atoms with van der Waals surface area (Å²) in [7, 11) is 0. The maximum Gasteiger partial charge on any atom is 0.236 e. The molecule has 1 amide bonds. The lowest BCUT2D eigenvalue weighted by Crippen LogP contribution is -2.14. The molecule has 0 aliphatic carbocycles. The molecule has 0 aliphatic heterocycles. The third-order valence-electron chi connectivity index (χ3n) is 3.88. The summed E-state index contributed by atoms with van der Waals surface area (Å²) in [4.78, 5) is 20.4. The van der Waals surface area contributed by atoms with Crippen molar-refractivity contribution in [2.45, 2.75) is 12.1 Å². The number of thiazole rings is 1. The number of amides is 1. The lowest BCUT2D eigenvalue weighted by Gasteiger charge is -2.10. The van der Waals surface area contributed by atoms with Crippen LogP contribution in [0.5, 0.6) is 0 Å². The van der Waals surface area contributed by atoms with Crippen molar-refractivity contribution in [1.29, 1.82) is 0 Å². The Labute approximate surface area is 169 Å². The molecule has 3 heterocycles. The molecule has 4 rings (SSSR count). The fraction of sp³-hybridized carbons (Fsp3) is 0.105. The maximum atomic E-state index is 12.2.